The zero-order valence-electron chi connectivity index (χ0n) is 14.1. The van der Waals surface area contributed by atoms with Crippen molar-refractivity contribution in [2.24, 2.45) is 0 Å². The number of carbonyl (C=O) groups excluding carboxylic acids is 2. The Morgan fingerprint density at radius 1 is 1.31 bits per heavy atom. The molecule has 1 aromatic carbocycles. The molecule has 0 spiro atoms. The van der Waals surface area contributed by atoms with Crippen LogP contribution in [-0.2, 0) is 4.79 Å². The van der Waals surface area contributed by atoms with Crippen molar-refractivity contribution in [3.63, 3.8) is 0 Å². The first kappa shape index (κ1) is 19.7. The maximum atomic E-state index is 11.7. The molecule has 0 saturated heterocycles. The summed E-state index contributed by atoms with van der Waals surface area (Å²) in [6.07, 6.45) is 7.46. The quantitative estimate of drug-likeness (QED) is 0.427. The van der Waals surface area contributed by atoms with Crippen LogP contribution in [0.4, 0.5) is 10.5 Å². The highest BCUT2D eigenvalue weighted by atomic mass is 35.5. The molecule has 1 aromatic rings. The van der Waals surface area contributed by atoms with Crippen LogP contribution in [-0.4, -0.2) is 30.0 Å². The lowest BCUT2D eigenvalue weighted by Gasteiger charge is -2.13. The molecule has 0 aliphatic heterocycles. The SMILES string of the molecule is O=C(COc1ccc(Cl)cc1[N+](=O)[O-])NC(=O)NCCC1=CCCCC1. The number of hydrogen-bond acceptors (Lipinski definition) is 5. The van der Waals surface area contributed by atoms with Gasteiger partial charge in [-0.05, 0) is 44.2 Å². The number of ether oxygens (including phenoxy) is 1. The summed E-state index contributed by atoms with van der Waals surface area (Å²) in [7, 11) is 0. The Kier molecular flexibility index (Phi) is 7.40. The van der Waals surface area contributed by atoms with Crippen molar-refractivity contribution in [1.29, 1.82) is 0 Å². The fourth-order valence-corrected chi connectivity index (χ4v) is 2.74. The number of carbonyl (C=O) groups is 2. The van der Waals surface area contributed by atoms with Crippen LogP contribution in [0, 0.1) is 10.1 Å². The molecule has 0 bridgehead atoms. The topological polar surface area (TPSA) is 111 Å². The molecule has 1 aliphatic rings. The molecule has 0 fully saturated rings. The number of halogens is 1. The Morgan fingerprint density at radius 2 is 2.12 bits per heavy atom. The Balaban J connectivity index is 1.73. The number of hydrogen-bond donors (Lipinski definition) is 2. The number of nitrogens with one attached hydrogen (secondary N) is 2. The second-order valence-electron chi connectivity index (χ2n) is 5.82. The van der Waals surface area contributed by atoms with E-state index in [1.807, 2.05) is 0 Å². The molecule has 0 unspecified atom stereocenters. The summed E-state index contributed by atoms with van der Waals surface area (Å²) in [5, 5.41) is 15.8. The molecular weight excluding hydrogens is 362 g/mol. The highest BCUT2D eigenvalue weighted by Gasteiger charge is 2.17. The zero-order valence-corrected chi connectivity index (χ0v) is 14.9. The zero-order chi connectivity index (χ0) is 18.9. The van der Waals surface area contributed by atoms with Crippen molar-refractivity contribution >= 4 is 29.2 Å². The second kappa shape index (κ2) is 9.76. The Morgan fingerprint density at radius 3 is 2.81 bits per heavy atom. The summed E-state index contributed by atoms with van der Waals surface area (Å²) < 4.78 is 5.11. The van der Waals surface area contributed by atoms with Crippen molar-refractivity contribution in [2.45, 2.75) is 32.1 Å². The number of urea groups is 1. The molecule has 0 radical (unpaired) electrons. The van der Waals surface area contributed by atoms with E-state index < -0.39 is 23.5 Å². The lowest BCUT2D eigenvalue weighted by molar-refractivity contribution is -0.385. The van der Waals surface area contributed by atoms with Gasteiger partial charge in [0.2, 0.25) is 0 Å². The highest BCUT2D eigenvalue weighted by Crippen LogP contribution is 2.29. The summed E-state index contributed by atoms with van der Waals surface area (Å²) in [5.41, 5.74) is 0.969. The molecule has 3 amide bonds. The van der Waals surface area contributed by atoms with E-state index in [4.69, 9.17) is 16.3 Å². The largest absolute Gasteiger partial charge is 0.477 e. The fraction of sp³-hybridized carbons (Fsp3) is 0.412. The predicted octanol–water partition coefficient (Wildman–Crippen LogP) is 3.34. The van der Waals surface area contributed by atoms with Crippen LogP contribution in [0.15, 0.2) is 29.8 Å². The van der Waals surface area contributed by atoms with Crippen LogP contribution in [0.25, 0.3) is 0 Å². The summed E-state index contributed by atoms with van der Waals surface area (Å²) >= 11 is 5.70. The molecule has 26 heavy (non-hydrogen) atoms. The summed E-state index contributed by atoms with van der Waals surface area (Å²) in [4.78, 5) is 33.7. The third-order valence-electron chi connectivity index (χ3n) is 3.85. The van der Waals surface area contributed by atoms with Gasteiger partial charge in [-0.2, -0.15) is 0 Å². The Labute approximate surface area is 155 Å². The molecule has 0 saturated carbocycles. The molecule has 140 valence electrons. The predicted molar refractivity (Wildman–Crippen MR) is 96.3 cm³/mol. The number of benzene rings is 1. The summed E-state index contributed by atoms with van der Waals surface area (Å²) in [5.74, 6) is -0.803. The molecule has 0 heterocycles. The van der Waals surface area contributed by atoms with Crippen molar-refractivity contribution in [3.05, 3.63) is 45.0 Å². The molecule has 2 rings (SSSR count). The van der Waals surface area contributed by atoms with Crippen LogP contribution in [0.2, 0.25) is 5.02 Å². The van der Waals surface area contributed by atoms with Gasteiger partial charge in [0.25, 0.3) is 5.91 Å². The molecule has 9 heteroatoms. The van der Waals surface area contributed by atoms with E-state index in [9.17, 15) is 19.7 Å². The first-order valence-corrected chi connectivity index (χ1v) is 8.66. The molecular formula is C17H20ClN3O5. The minimum Gasteiger partial charge on any atom is -0.477 e. The molecule has 8 nitrogen and oxygen atoms in total. The number of rotatable bonds is 7. The van der Waals surface area contributed by atoms with Crippen LogP contribution in [0.3, 0.4) is 0 Å². The van der Waals surface area contributed by atoms with Gasteiger partial charge in [0.05, 0.1) is 4.92 Å². The highest BCUT2D eigenvalue weighted by molar-refractivity contribution is 6.30. The minimum absolute atomic E-state index is 0.0980. The minimum atomic E-state index is -0.705. The third kappa shape index (κ3) is 6.36. The van der Waals surface area contributed by atoms with E-state index in [0.717, 1.165) is 25.3 Å². The number of allylic oxidation sites excluding steroid dienone is 1. The Bertz CT molecular complexity index is 720. The first-order valence-electron chi connectivity index (χ1n) is 8.28. The number of nitrogens with zero attached hydrogens (tertiary/aromatic N) is 1. The van der Waals surface area contributed by atoms with Crippen LogP contribution in [0.1, 0.15) is 32.1 Å². The monoisotopic (exact) mass is 381 g/mol. The first-order chi connectivity index (χ1) is 12.5. The van der Waals surface area contributed by atoms with E-state index in [-0.39, 0.29) is 16.5 Å². The molecule has 0 atom stereocenters. The van der Waals surface area contributed by atoms with Gasteiger partial charge < -0.3 is 10.1 Å². The van der Waals surface area contributed by atoms with Gasteiger partial charge in [0, 0.05) is 17.6 Å². The summed E-state index contributed by atoms with van der Waals surface area (Å²) in [6.45, 7) is -0.0878. The number of nitro groups is 1. The van der Waals surface area contributed by atoms with Gasteiger partial charge in [0.15, 0.2) is 12.4 Å². The lowest BCUT2D eigenvalue weighted by atomic mass is 9.97. The van der Waals surface area contributed by atoms with Gasteiger partial charge >= 0.3 is 11.7 Å². The van der Waals surface area contributed by atoms with Crippen LogP contribution < -0.4 is 15.4 Å². The van der Waals surface area contributed by atoms with Gasteiger partial charge in [-0.3, -0.25) is 20.2 Å². The average molecular weight is 382 g/mol. The average Bonchev–Trinajstić information content (AvgIpc) is 2.61. The van der Waals surface area contributed by atoms with Crippen LogP contribution in [0.5, 0.6) is 5.75 Å². The molecule has 1 aliphatic carbocycles. The normalized spacial score (nSPS) is 13.5. The van der Waals surface area contributed by atoms with Gasteiger partial charge in [-0.25, -0.2) is 4.79 Å². The lowest BCUT2D eigenvalue weighted by Crippen LogP contribution is -2.42. The van der Waals surface area contributed by atoms with E-state index in [1.54, 1.807) is 0 Å². The van der Waals surface area contributed by atoms with E-state index in [2.05, 4.69) is 16.7 Å². The maximum Gasteiger partial charge on any atom is 0.321 e. The van der Waals surface area contributed by atoms with Crippen molar-refractivity contribution in [2.75, 3.05) is 13.2 Å². The number of nitro benzene ring substituents is 1. The van der Waals surface area contributed by atoms with Crippen molar-refractivity contribution in [1.82, 2.24) is 10.6 Å². The van der Waals surface area contributed by atoms with Gasteiger partial charge in [-0.1, -0.05) is 23.3 Å². The molecule has 0 aromatic heterocycles. The maximum absolute atomic E-state index is 11.7. The van der Waals surface area contributed by atoms with Gasteiger partial charge in [-0.15, -0.1) is 0 Å². The smallest absolute Gasteiger partial charge is 0.321 e. The van der Waals surface area contributed by atoms with E-state index in [1.165, 1.54) is 30.5 Å². The van der Waals surface area contributed by atoms with Gasteiger partial charge in [0.1, 0.15) is 0 Å². The summed E-state index contributed by atoms with van der Waals surface area (Å²) in [6, 6.07) is 3.21. The third-order valence-corrected chi connectivity index (χ3v) is 4.08. The van der Waals surface area contributed by atoms with E-state index in [0.29, 0.717) is 6.54 Å². The van der Waals surface area contributed by atoms with Crippen molar-refractivity contribution in [3.8, 4) is 5.75 Å². The fourth-order valence-electron chi connectivity index (χ4n) is 2.57. The standard InChI is InChI=1S/C17H20ClN3O5/c18-13-6-7-15(14(10-13)21(24)25)26-11-16(22)20-17(23)19-9-8-12-4-2-1-3-5-12/h4,6-7,10H,1-3,5,8-9,11H2,(H2,19,20,22,23). The van der Waals surface area contributed by atoms with Crippen molar-refractivity contribution < 1.29 is 19.2 Å². The second-order valence-corrected chi connectivity index (χ2v) is 6.26. The number of amides is 3. The molecule has 2 N–H and O–H groups in total. The van der Waals surface area contributed by atoms with Crippen LogP contribution >= 0.6 is 11.6 Å². The Hall–Kier alpha value is -2.61. The van der Waals surface area contributed by atoms with E-state index >= 15 is 0 Å². The number of imide groups is 1.